The highest BCUT2D eigenvalue weighted by molar-refractivity contribution is 7.14. The second kappa shape index (κ2) is 3.68. The Balaban J connectivity index is 2.08. The number of aromatic nitrogens is 1. The Morgan fingerprint density at radius 3 is 2.92 bits per heavy atom. The van der Waals surface area contributed by atoms with E-state index in [9.17, 15) is 4.79 Å². The number of anilines is 1. The van der Waals surface area contributed by atoms with Gasteiger partial charge in [-0.25, -0.2) is 4.98 Å². The van der Waals surface area contributed by atoms with Crippen molar-refractivity contribution in [3.05, 3.63) is 34.0 Å². The molecule has 0 radical (unpaired) electrons. The number of hydrogen-bond acceptors (Lipinski definition) is 4. The molecule has 0 atom stereocenters. The zero-order chi connectivity index (χ0) is 9.10. The third kappa shape index (κ3) is 1.93. The lowest BCUT2D eigenvalue weighted by Crippen LogP contribution is -2.09. The molecule has 2 heterocycles. The van der Waals surface area contributed by atoms with Crippen LogP contribution in [0.25, 0.3) is 0 Å². The van der Waals surface area contributed by atoms with Crippen LogP contribution in [0.2, 0.25) is 0 Å². The van der Waals surface area contributed by atoms with Crippen molar-refractivity contribution in [3.63, 3.8) is 0 Å². The molecule has 0 aromatic carbocycles. The predicted molar refractivity (Wildman–Crippen MR) is 54.4 cm³/mol. The van der Waals surface area contributed by atoms with Gasteiger partial charge in [0.1, 0.15) is 0 Å². The molecule has 66 valence electrons. The molecular formula is C8H6N2OS2. The predicted octanol–water partition coefficient (Wildman–Crippen LogP) is 2.46. The smallest absolute Gasteiger partial charge is 0.267 e. The Bertz CT molecular complexity index is 380. The van der Waals surface area contributed by atoms with Gasteiger partial charge in [-0.1, -0.05) is 6.07 Å². The summed E-state index contributed by atoms with van der Waals surface area (Å²) in [5.74, 6) is -0.0926. The van der Waals surface area contributed by atoms with Crippen LogP contribution < -0.4 is 5.32 Å². The summed E-state index contributed by atoms with van der Waals surface area (Å²) in [5, 5.41) is 7.04. The summed E-state index contributed by atoms with van der Waals surface area (Å²) >= 11 is 2.83. The van der Waals surface area contributed by atoms with E-state index < -0.39 is 0 Å². The van der Waals surface area contributed by atoms with Gasteiger partial charge in [-0.05, 0) is 11.4 Å². The SMILES string of the molecule is O=C(Nc1nccs1)c1cccs1. The lowest BCUT2D eigenvalue weighted by molar-refractivity contribution is 0.103. The molecule has 0 saturated heterocycles. The molecule has 0 unspecified atom stereocenters. The average Bonchev–Trinajstić information content (AvgIpc) is 2.74. The molecule has 0 spiro atoms. The van der Waals surface area contributed by atoms with Crippen LogP contribution in [0.5, 0.6) is 0 Å². The molecule has 1 N–H and O–H groups in total. The van der Waals surface area contributed by atoms with Crippen LogP contribution in [-0.2, 0) is 0 Å². The van der Waals surface area contributed by atoms with E-state index in [1.807, 2.05) is 16.8 Å². The Hall–Kier alpha value is -1.20. The zero-order valence-corrected chi connectivity index (χ0v) is 8.19. The summed E-state index contributed by atoms with van der Waals surface area (Å²) in [5.41, 5.74) is 0. The minimum absolute atomic E-state index is 0.0926. The molecule has 13 heavy (non-hydrogen) atoms. The quantitative estimate of drug-likeness (QED) is 0.827. The van der Waals surface area contributed by atoms with Gasteiger partial charge in [0.05, 0.1) is 4.88 Å². The molecule has 2 aromatic rings. The van der Waals surface area contributed by atoms with Crippen molar-refractivity contribution in [3.8, 4) is 0 Å². The summed E-state index contributed by atoms with van der Waals surface area (Å²) in [6, 6.07) is 3.63. The number of amides is 1. The van der Waals surface area contributed by atoms with Gasteiger partial charge in [-0.15, -0.1) is 22.7 Å². The molecule has 0 aliphatic heterocycles. The largest absolute Gasteiger partial charge is 0.297 e. The summed E-state index contributed by atoms with van der Waals surface area (Å²) in [6.45, 7) is 0. The Morgan fingerprint density at radius 2 is 2.31 bits per heavy atom. The second-order valence-electron chi connectivity index (χ2n) is 2.27. The molecule has 0 aliphatic carbocycles. The topological polar surface area (TPSA) is 42.0 Å². The molecule has 1 amide bonds. The number of hydrogen-bond donors (Lipinski definition) is 1. The molecule has 3 nitrogen and oxygen atoms in total. The van der Waals surface area contributed by atoms with Crippen molar-refractivity contribution in [2.45, 2.75) is 0 Å². The fourth-order valence-electron chi connectivity index (χ4n) is 0.852. The fourth-order valence-corrected chi connectivity index (χ4v) is 1.99. The Kier molecular flexibility index (Phi) is 2.37. The van der Waals surface area contributed by atoms with E-state index >= 15 is 0 Å². The van der Waals surface area contributed by atoms with Gasteiger partial charge < -0.3 is 0 Å². The number of nitrogens with zero attached hydrogens (tertiary/aromatic N) is 1. The van der Waals surface area contributed by atoms with E-state index in [1.165, 1.54) is 22.7 Å². The van der Waals surface area contributed by atoms with Gasteiger partial charge in [-0.2, -0.15) is 0 Å². The summed E-state index contributed by atoms with van der Waals surface area (Å²) < 4.78 is 0. The van der Waals surface area contributed by atoms with Crippen LogP contribution in [0.3, 0.4) is 0 Å². The molecular weight excluding hydrogens is 204 g/mol. The van der Waals surface area contributed by atoms with E-state index in [1.54, 1.807) is 12.3 Å². The van der Waals surface area contributed by atoms with Crippen LogP contribution in [0.15, 0.2) is 29.1 Å². The molecule has 0 fully saturated rings. The molecule has 0 saturated carbocycles. The van der Waals surface area contributed by atoms with E-state index in [4.69, 9.17) is 0 Å². The van der Waals surface area contributed by atoms with Crippen molar-refractivity contribution in [2.24, 2.45) is 0 Å². The highest BCUT2D eigenvalue weighted by Gasteiger charge is 2.07. The molecule has 2 rings (SSSR count). The maximum absolute atomic E-state index is 11.4. The number of nitrogens with one attached hydrogen (secondary N) is 1. The number of carbonyl (C=O) groups excluding carboxylic acids is 1. The van der Waals surface area contributed by atoms with E-state index in [-0.39, 0.29) is 5.91 Å². The van der Waals surface area contributed by atoms with Gasteiger partial charge in [0.2, 0.25) is 0 Å². The van der Waals surface area contributed by atoms with E-state index in [0.29, 0.717) is 10.0 Å². The van der Waals surface area contributed by atoms with Gasteiger partial charge >= 0.3 is 0 Å². The van der Waals surface area contributed by atoms with Crippen LogP contribution >= 0.6 is 22.7 Å². The minimum atomic E-state index is -0.0926. The number of thiazole rings is 1. The van der Waals surface area contributed by atoms with Gasteiger partial charge in [-0.3, -0.25) is 10.1 Å². The lowest BCUT2D eigenvalue weighted by Gasteiger charge is -1.96. The summed E-state index contributed by atoms with van der Waals surface area (Å²) in [7, 11) is 0. The van der Waals surface area contributed by atoms with Crippen LogP contribution in [0.1, 0.15) is 9.67 Å². The molecule has 5 heteroatoms. The third-order valence-electron chi connectivity index (χ3n) is 1.40. The van der Waals surface area contributed by atoms with Crippen LogP contribution in [-0.4, -0.2) is 10.9 Å². The van der Waals surface area contributed by atoms with Crippen molar-refractivity contribution in [1.82, 2.24) is 4.98 Å². The summed E-state index contributed by atoms with van der Waals surface area (Å²) in [4.78, 5) is 16.1. The first-order chi connectivity index (χ1) is 6.36. The summed E-state index contributed by atoms with van der Waals surface area (Å²) in [6.07, 6.45) is 1.66. The normalized spacial score (nSPS) is 9.85. The van der Waals surface area contributed by atoms with Gasteiger partial charge in [0.15, 0.2) is 5.13 Å². The lowest BCUT2D eigenvalue weighted by atomic mass is 10.4. The average molecular weight is 210 g/mol. The van der Waals surface area contributed by atoms with Gasteiger partial charge in [0, 0.05) is 11.6 Å². The highest BCUT2D eigenvalue weighted by atomic mass is 32.1. The van der Waals surface area contributed by atoms with Crippen LogP contribution in [0, 0.1) is 0 Å². The molecule has 0 bridgehead atoms. The van der Waals surface area contributed by atoms with E-state index in [0.717, 1.165) is 0 Å². The monoisotopic (exact) mass is 210 g/mol. The van der Waals surface area contributed by atoms with Crippen LogP contribution in [0.4, 0.5) is 5.13 Å². The first kappa shape index (κ1) is 8.40. The second-order valence-corrected chi connectivity index (χ2v) is 4.11. The standard InChI is InChI=1S/C8H6N2OS2/c11-7(6-2-1-4-12-6)10-8-9-3-5-13-8/h1-5H,(H,9,10,11). The maximum Gasteiger partial charge on any atom is 0.267 e. The number of carbonyl (C=O) groups is 1. The van der Waals surface area contributed by atoms with Crippen molar-refractivity contribution >= 4 is 33.7 Å². The first-order valence-electron chi connectivity index (χ1n) is 3.60. The zero-order valence-electron chi connectivity index (χ0n) is 6.56. The van der Waals surface area contributed by atoms with Crippen molar-refractivity contribution < 1.29 is 4.79 Å². The first-order valence-corrected chi connectivity index (χ1v) is 5.36. The highest BCUT2D eigenvalue weighted by Crippen LogP contribution is 2.14. The Morgan fingerprint density at radius 1 is 1.38 bits per heavy atom. The number of thiophene rings is 1. The van der Waals surface area contributed by atoms with Crippen molar-refractivity contribution in [1.29, 1.82) is 0 Å². The molecule has 2 aromatic heterocycles. The number of rotatable bonds is 2. The maximum atomic E-state index is 11.4. The minimum Gasteiger partial charge on any atom is -0.297 e. The van der Waals surface area contributed by atoms with Gasteiger partial charge in [0.25, 0.3) is 5.91 Å². The molecule has 0 aliphatic rings. The third-order valence-corrected chi connectivity index (χ3v) is 2.95. The van der Waals surface area contributed by atoms with E-state index in [2.05, 4.69) is 10.3 Å². The Labute approximate surface area is 83.1 Å². The van der Waals surface area contributed by atoms with Crippen molar-refractivity contribution in [2.75, 3.05) is 5.32 Å². The fraction of sp³-hybridized carbons (Fsp3) is 0.